The maximum Gasteiger partial charge on any atom is 0.360 e. The SMILES string of the molecule is CCOP(=O)(OCC)C(N1CCN(c2cc3c(cc2F)c(=O)c(C(=O)O)cn3CC)CC1)P(=O)(OCC)OCC. The van der Waals surface area contributed by atoms with Crippen LogP contribution >= 0.6 is 15.2 Å². The number of fused-ring (bicyclic) bond motifs is 1. The van der Waals surface area contributed by atoms with Gasteiger partial charge in [-0.25, -0.2) is 9.18 Å². The number of benzene rings is 1. The second kappa shape index (κ2) is 13.7. The van der Waals surface area contributed by atoms with Crippen molar-refractivity contribution in [1.29, 1.82) is 0 Å². The number of carbonyl (C=O) groups is 1. The fourth-order valence-electron chi connectivity index (χ4n) is 4.88. The molecule has 1 N–H and O–H groups in total. The molecule has 2 heterocycles. The van der Waals surface area contributed by atoms with Crippen LogP contribution in [0.5, 0.6) is 0 Å². The fourth-order valence-corrected chi connectivity index (χ4v) is 10.5. The van der Waals surface area contributed by atoms with Crippen LogP contribution in [0.25, 0.3) is 10.9 Å². The average molecular weight is 606 g/mol. The van der Waals surface area contributed by atoms with Crippen molar-refractivity contribution in [2.24, 2.45) is 0 Å². The third kappa shape index (κ3) is 6.51. The minimum absolute atomic E-state index is 0.0227. The van der Waals surface area contributed by atoms with Crippen LogP contribution in [0.3, 0.4) is 0 Å². The number of anilines is 1. The summed E-state index contributed by atoms with van der Waals surface area (Å²) in [6.45, 7) is 9.91. The Labute approximate surface area is 233 Å². The molecule has 0 unspecified atom stereocenters. The molecule has 1 saturated heterocycles. The largest absolute Gasteiger partial charge is 0.477 e. The van der Waals surface area contributed by atoms with Crippen molar-refractivity contribution >= 4 is 37.8 Å². The second-order valence-electron chi connectivity index (χ2n) is 8.90. The van der Waals surface area contributed by atoms with Gasteiger partial charge in [-0.3, -0.25) is 18.8 Å². The van der Waals surface area contributed by atoms with E-state index >= 15 is 4.39 Å². The molecule has 1 aliphatic rings. The van der Waals surface area contributed by atoms with Crippen LogP contribution in [0.4, 0.5) is 10.1 Å². The number of aryl methyl sites for hydroxylation is 1. The molecule has 1 fully saturated rings. The minimum atomic E-state index is -4.01. The Bertz CT molecular complexity index is 1310. The summed E-state index contributed by atoms with van der Waals surface area (Å²) in [5.74, 6) is -2.06. The number of carboxylic acid groups (broad SMARTS) is 1. The van der Waals surface area contributed by atoms with Crippen molar-refractivity contribution in [3.8, 4) is 0 Å². The molecule has 1 aromatic carbocycles. The van der Waals surface area contributed by atoms with Crippen molar-refractivity contribution in [2.45, 2.75) is 46.7 Å². The molecule has 0 atom stereocenters. The summed E-state index contributed by atoms with van der Waals surface area (Å²) in [4.78, 5) is 27.7. The second-order valence-corrected chi connectivity index (χ2v) is 13.5. The highest BCUT2D eigenvalue weighted by Crippen LogP contribution is 2.71. The van der Waals surface area contributed by atoms with E-state index in [0.717, 1.165) is 6.07 Å². The van der Waals surface area contributed by atoms with Crippen LogP contribution in [-0.4, -0.2) is 78.7 Å². The van der Waals surface area contributed by atoms with E-state index in [0.29, 0.717) is 12.1 Å². The van der Waals surface area contributed by atoms with Gasteiger partial charge in [-0.15, -0.1) is 0 Å². The number of hydrogen-bond donors (Lipinski definition) is 1. The van der Waals surface area contributed by atoms with Crippen molar-refractivity contribution < 1.29 is 41.5 Å². The van der Waals surface area contributed by atoms with Gasteiger partial charge in [0.2, 0.25) is 11.0 Å². The zero-order chi connectivity index (χ0) is 29.7. The highest BCUT2D eigenvalue weighted by Gasteiger charge is 2.54. The highest BCUT2D eigenvalue weighted by atomic mass is 31.2. The van der Waals surface area contributed by atoms with Gasteiger partial charge in [-0.2, -0.15) is 0 Å². The van der Waals surface area contributed by atoms with Crippen LogP contribution in [0.1, 0.15) is 45.0 Å². The molecule has 0 saturated carbocycles. The minimum Gasteiger partial charge on any atom is -0.477 e. The van der Waals surface area contributed by atoms with Crippen molar-refractivity contribution in [3.05, 3.63) is 39.9 Å². The smallest absolute Gasteiger partial charge is 0.360 e. The van der Waals surface area contributed by atoms with Crippen molar-refractivity contribution in [1.82, 2.24) is 9.47 Å². The van der Waals surface area contributed by atoms with E-state index in [1.165, 1.54) is 12.3 Å². The van der Waals surface area contributed by atoms with E-state index < -0.39 is 43.5 Å². The topological polar surface area (TPSA) is 137 Å². The summed E-state index contributed by atoms with van der Waals surface area (Å²) in [7, 11) is -8.02. The van der Waals surface area contributed by atoms with E-state index in [-0.39, 0.29) is 63.7 Å². The molecule has 3 rings (SSSR count). The van der Waals surface area contributed by atoms with Gasteiger partial charge in [0.1, 0.15) is 11.4 Å². The number of piperazine rings is 1. The summed E-state index contributed by atoms with van der Waals surface area (Å²) in [6, 6.07) is 2.60. The Morgan fingerprint density at radius 2 is 1.43 bits per heavy atom. The molecule has 0 spiro atoms. The summed E-state index contributed by atoms with van der Waals surface area (Å²) in [6.07, 6.45) is 1.26. The molecule has 2 aromatic rings. The number of halogens is 1. The number of carboxylic acids is 1. The number of aromatic carboxylic acids is 1. The lowest BCUT2D eigenvalue weighted by molar-refractivity contribution is 0.0694. The predicted octanol–water partition coefficient (Wildman–Crippen LogP) is 4.80. The lowest BCUT2D eigenvalue weighted by Crippen LogP contribution is -2.51. The molecule has 12 nitrogen and oxygen atoms in total. The molecular weight excluding hydrogens is 567 g/mol. The van der Waals surface area contributed by atoms with Gasteiger partial charge in [-0.05, 0) is 46.8 Å². The highest BCUT2D eigenvalue weighted by molar-refractivity contribution is 7.72. The van der Waals surface area contributed by atoms with Gasteiger partial charge in [0.25, 0.3) is 0 Å². The Morgan fingerprint density at radius 1 is 0.925 bits per heavy atom. The van der Waals surface area contributed by atoms with Gasteiger partial charge in [0.15, 0.2) is 0 Å². The maximum atomic E-state index is 15.4. The standard InChI is InChI=1S/C25H38FN3O9P2/c1-6-27-17-19(24(31)32)23(30)18-15-20(26)22(16-21(18)27)28-11-13-29(14-12-28)25(39(33,35-7-2)36-8-3)40(34,37-9-4)38-10-5/h15-17,25H,6-14H2,1-5H3,(H,31,32). The molecule has 0 amide bonds. The van der Waals surface area contributed by atoms with E-state index in [1.54, 1.807) is 49.0 Å². The summed E-state index contributed by atoms with van der Waals surface area (Å²) in [5.41, 5.74) is -1.87. The Kier molecular flexibility index (Phi) is 11.1. The lowest BCUT2D eigenvalue weighted by atomic mass is 10.1. The van der Waals surface area contributed by atoms with Gasteiger partial charge in [0.05, 0.1) is 37.6 Å². The van der Waals surface area contributed by atoms with E-state index in [1.807, 2.05) is 0 Å². The van der Waals surface area contributed by atoms with Gasteiger partial charge >= 0.3 is 21.2 Å². The first-order valence-corrected chi connectivity index (χ1v) is 16.6. The molecule has 224 valence electrons. The number of nitrogens with zero attached hydrogens (tertiary/aromatic N) is 3. The van der Waals surface area contributed by atoms with Crippen LogP contribution in [0.2, 0.25) is 0 Å². The lowest BCUT2D eigenvalue weighted by Gasteiger charge is -2.43. The van der Waals surface area contributed by atoms with E-state index in [9.17, 15) is 23.8 Å². The first kappa shape index (κ1) is 32.4. The van der Waals surface area contributed by atoms with Crippen LogP contribution in [-0.2, 0) is 33.8 Å². The van der Waals surface area contributed by atoms with Gasteiger partial charge in [-0.1, -0.05) is 0 Å². The summed E-state index contributed by atoms with van der Waals surface area (Å²) < 4.78 is 67.2. The summed E-state index contributed by atoms with van der Waals surface area (Å²) in [5, 5.41) is 9.37. The van der Waals surface area contributed by atoms with Gasteiger partial charge < -0.3 is 32.7 Å². The Morgan fingerprint density at radius 3 is 1.85 bits per heavy atom. The van der Waals surface area contributed by atoms with Crippen molar-refractivity contribution in [3.63, 3.8) is 0 Å². The number of aromatic nitrogens is 1. The Balaban J connectivity index is 2.00. The fraction of sp³-hybridized carbons (Fsp3) is 0.600. The van der Waals surface area contributed by atoms with Crippen LogP contribution in [0, 0.1) is 5.82 Å². The molecular formula is C25H38FN3O9P2. The van der Waals surface area contributed by atoms with E-state index in [4.69, 9.17) is 18.1 Å². The third-order valence-electron chi connectivity index (χ3n) is 6.50. The molecule has 1 aliphatic heterocycles. The number of pyridine rings is 1. The van der Waals surface area contributed by atoms with E-state index in [2.05, 4.69) is 0 Å². The molecule has 15 heteroatoms. The maximum absolute atomic E-state index is 15.4. The molecule has 0 bridgehead atoms. The normalized spacial score (nSPS) is 15.3. The average Bonchev–Trinajstić information content (AvgIpc) is 2.90. The van der Waals surface area contributed by atoms with Crippen molar-refractivity contribution in [2.75, 3.05) is 57.5 Å². The first-order chi connectivity index (χ1) is 19.0. The van der Waals surface area contributed by atoms with Crippen LogP contribution < -0.4 is 10.3 Å². The zero-order valence-corrected chi connectivity index (χ0v) is 25.3. The third-order valence-corrected chi connectivity index (χ3v) is 12.5. The Hall–Kier alpha value is -2.11. The quantitative estimate of drug-likeness (QED) is 0.298. The monoisotopic (exact) mass is 605 g/mol. The molecule has 0 radical (unpaired) electrons. The number of hydrogen-bond acceptors (Lipinski definition) is 10. The summed E-state index contributed by atoms with van der Waals surface area (Å²) >= 11 is 0. The molecule has 0 aliphatic carbocycles. The zero-order valence-electron chi connectivity index (χ0n) is 23.5. The first-order valence-electron chi connectivity index (χ1n) is 13.4. The van der Waals surface area contributed by atoms with Crippen LogP contribution in [0.15, 0.2) is 23.1 Å². The van der Waals surface area contributed by atoms with Gasteiger partial charge in [0, 0.05) is 44.3 Å². The predicted molar refractivity (Wildman–Crippen MR) is 150 cm³/mol. The number of rotatable bonds is 14. The molecule has 1 aromatic heterocycles. The molecule has 40 heavy (non-hydrogen) atoms.